The number of halogens is 2. The molecule has 28 heavy (non-hydrogen) atoms. The molecule has 0 aliphatic rings. The third-order valence-corrected chi connectivity index (χ3v) is 5.01. The van der Waals surface area contributed by atoms with Gasteiger partial charge in [-0.2, -0.15) is 0 Å². The zero-order chi connectivity index (χ0) is 19.2. The smallest absolute Gasteiger partial charge is 0.193 e. The van der Waals surface area contributed by atoms with Crippen LogP contribution in [0.4, 0.5) is 0 Å². The van der Waals surface area contributed by atoms with Gasteiger partial charge in [-0.25, -0.2) is 0 Å². The third kappa shape index (κ3) is 5.51. The van der Waals surface area contributed by atoms with Crippen molar-refractivity contribution in [3.05, 3.63) is 63.8 Å². The molecule has 0 amide bonds. The fourth-order valence-corrected chi connectivity index (χ4v) is 3.27. The lowest BCUT2D eigenvalue weighted by Gasteiger charge is -2.15. The molecule has 6 heteroatoms. The molecular weight excluding hydrogens is 397 g/mol. The lowest BCUT2D eigenvalue weighted by Crippen LogP contribution is -3.11. The molecule has 0 saturated carbocycles. The van der Waals surface area contributed by atoms with E-state index in [4.69, 9.17) is 20.8 Å². The Morgan fingerprint density at radius 1 is 1.04 bits per heavy atom. The van der Waals surface area contributed by atoms with E-state index in [1.54, 1.807) is 23.1 Å². The Labute approximate surface area is 176 Å². The molecule has 3 rings (SSSR count). The van der Waals surface area contributed by atoms with Crippen molar-refractivity contribution in [2.75, 3.05) is 26.2 Å². The van der Waals surface area contributed by atoms with Crippen LogP contribution in [0.5, 0.6) is 5.75 Å². The second-order valence-corrected chi connectivity index (χ2v) is 6.99. The fraction of sp³-hybridized carbons (Fsp3) is 0.318. The molecule has 4 nitrogen and oxygen atoms in total. The molecule has 0 bridgehead atoms. The minimum Gasteiger partial charge on any atom is -1.00 e. The van der Waals surface area contributed by atoms with Gasteiger partial charge in [-0.15, -0.1) is 0 Å². The highest BCUT2D eigenvalue weighted by Gasteiger charge is 2.08. The van der Waals surface area contributed by atoms with E-state index in [-0.39, 0.29) is 17.8 Å². The summed E-state index contributed by atoms with van der Waals surface area (Å²) in [7, 11) is 0. The first kappa shape index (κ1) is 22.3. The summed E-state index contributed by atoms with van der Waals surface area (Å²) in [5.74, 6) is 1.36. The summed E-state index contributed by atoms with van der Waals surface area (Å²) in [5, 5.41) is 1.01. The highest BCUT2D eigenvalue weighted by atomic mass is 35.5. The second-order valence-electron chi connectivity index (χ2n) is 6.55. The molecule has 0 aliphatic carbocycles. The molecule has 0 atom stereocenters. The zero-order valence-electron chi connectivity index (χ0n) is 16.1. The van der Waals surface area contributed by atoms with Crippen LogP contribution in [0.25, 0.3) is 22.3 Å². The maximum atomic E-state index is 12.3. The first-order chi connectivity index (χ1) is 13.1. The van der Waals surface area contributed by atoms with Crippen molar-refractivity contribution in [1.82, 2.24) is 0 Å². The highest BCUT2D eigenvalue weighted by Crippen LogP contribution is 2.25. The van der Waals surface area contributed by atoms with Gasteiger partial charge in [0.2, 0.25) is 0 Å². The summed E-state index contributed by atoms with van der Waals surface area (Å²) >= 11 is 5.95. The van der Waals surface area contributed by atoms with Gasteiger partial charge in [0.05, 0.1) is 31.6 Å². The number of hydrogen-bond donors (Lipinski definition) is 1. The van der Waals surface area contributed by atoms with Crippen LogP contribution in [0, 0.1) is 0 Å². The van der Waals surface area contributed by atoms with E-state index in [1.807, 2.05) is 24.3 Å². The van der Waals surface area contributed by atoms with Crippen LogP contribution in [0.3, 0.4) is 0 Å². The van der Waals surface area contributed by atoms with Gasteiger partial charge in [0, 0.05) is 23.1 Å². The van der Waals surface area contributed by atoms with Gasteiger partial charge in [-0.3, -0.25) is 4.79 Å². The molecule has 0 unspecified atom stereocenters. The minimum atomic E-state index is -0.104. The molecule has 1 N–H and O–H groups in total. The number of hydrogen-bond acceptors (Lipinski definition) is 3. The van der Waals surface area contributed by atoms with Gasteiger partial charge in [-0.1, -0.05) is 11.6 Å². The topological polar surface area (TPSA) is 43.9 Å². The molecule has 0 fully saturated rings. The van der Waals surface area contributed by atoms with Gasteiger partial charge in [0.15, 0.2) is 5.43 Å². The Hall–Kier alpha value is -2.01. The molecule has 0 spiro atoms. The van der Waals surface area contributed by atoms with Crippen LogP contribution in [0.1, 0.15) is 20.3 Å². The molecule has 0 aliphatic heterocycles. The molecule has 1 heterocycles. The van der Waals surface area contributed by atoms with Gasteiger partial charge in [0.1, 0.15) is 17.1 Å². The summed E-state index contributed by atoms with van der Waals surface area (Å²) < 4.78 is 11.7. The molecule has 0 saturated heterocycles. The second kappa shape index (κ2) is 10.5. The van der Waals surface area contributed by atoms with E-state index >= 15 is 0 Å². The van der Waals surface area contributed by atoms with Crippen molar-refractivity contribution in [3.63, 3.8) is 0 Å². The predicted octanol–water partition coefficient (Wildman–Crippen LogP) is 0.811. The number of benzene rings is 2. The summed E-state index contributed by atoms with van der Waals surface area (Å²) in [6.45, 7) is 8.53. The van der Waals surface area contributed by atoms with Crippen LogP contribution in [-0.4, -0.2) is 26.2 Å². The van der Waals surface area contributed by atoms with Crippen molar-refractivity contribution >= 4 is 22.6 Å². The van der Waals surface area contributed by atoms with E-state index in [0.717, 1.165) is 37.4 Å². The molecule has 150 valence electrons. The molecule has 1 aromatic heterocycles. The summed E-state index contributed by atoms with van der Waals surface area (Å²) in [5.41, 5.74) is 1.26. The van der Waals surface area contributed by atoms with Crippen molar-refractivity contribution in [2.45, 2.75) is 20.3 Å². The molecular formula is C22H25Cl2NO3. The van der Waals surface area contributed by atoms with E-state index in [0.29, 0.717) is 28.4 Å². The van der Waals surface area contributed by atoms with Gasteiger partial charge < -0.3 is 26.5 Å². The van der Waals surface area contributed by atoms with Gasteiger partial charge in [0.25, 0.3) is 0 Å². The Balaban J connectivity index is 0.00000280. The maximum Gasteiger partial charge on any atom is 0.193 e. The van der Waals surface area contributed by atoms with Gasteiger partial charge >= 0.3 is 0 Å². The quantitative estimate of drug-likeness (QED) is 0.547. The van der Waals surface area contributed by atoms with E-state index in [2.05, 4.69) is 13.8 Å². The van der Waals surface area contributed by atoms with E-state index in [9.17, 15) is 4.79 Å². The average molecular weight is 422 g/mol. The van der Waals surface area contributed by atoms with Crippen LogP contribution in [0.2, 0.25) is 5.02 Å². The summed E-state index contributed by atoms with van der Waals surface area (Å²) in [4.78, 5) is 13.9. The number of rotatable bonds is 8. The normalized spacial score (nSPS) is 10.9. The van der Waals surface area contributed by atoms with Crippen LogP contribution >= 0.6 is 11.6 Å². The summed E-state index contributed by atoms with van der Waals surface area (Å²) in [6, 6.07) is 14.2. The van der Waals surface area contributed by atoms with Gasteiger partial charge in [-0.05, 0) is 56.3 Å². The standard InChI is InChI=1S/C22H24ClNO3.ClH/c1-3-24(4-2)12-5-13-26-18-9-6-16(7-10-18)22-15-20(25)19-14-17(23)8-11-21(19)27-22;/h6-11,14-15H,3-5,12-13H2,1-2H3;1H. The number of ether oxygens (including phenoxy) is 1. The first-order valence-corrected chi connectivity index (χ1v) is 9.78. The Morgan fingerprint density at radius 3 is 2.43 bits per heavy atom. The van der Waals surface area contributed by atoms with Crippen molar-refractivity contribution in [1.29, 1.82) is 0 Å². The largest absolute Gasteiger partial charge is 1.00 e. The summed E-state index contributed by atoms with van der Waals surface area (Å²) in [6.07, 6.45) is 1.03. The Kier molecular flexibility index (Phi) is 8.36. The fourth-order valence-electron chi connectivity index (χ4n) is 3.10. The Bertz CT molecular complexity index is 950. The van der Waals surface area contributed by atoms with Crippen LogP contribution in [0.15, 0.2) is 57.7 Å². The lowest BCUT2D eigenvalue weighted by molar-refractivity contribution is -0.896. The SMILES string of the molecule is CC[NH+](CC)CCCOc1ccc(-c2cc(=O)c3cc(Cl)ccc3o2)cc1.[Cl-]. The monoisotopic (exact) mass is 421 g/mol. The van der Waals surface area contributed by atoms with E-state index in [1.165, 1.54) is 6.07 Å². The van der Waals surface area contributed by atoms with Crippen LogP contribution < -0.4 is 27.5 Å². The number of fused-ring (bicyclic) bond motifs is 1. The van der Waals surface area contributed by atoms with Crippen molar-refractivity contribution in [2.24, 2.45) is 0 Å². The number of quaternary nitrogens is 1. The van der Waals surface area contributed by atoms with Crippen molar-refractivity contribution in [3.8, 4) is 17.1 Å². The molecule has 2 aromatic carbocycles. The van der Waals surface area contributed by atoms with Crippen LogP contribution in [-0.2, 0) is 0 Å². The average Bonchev–Trinajstić information content (AvgIpc) is 2.69. The third-order valence-electron chi connectivity index (χ3n) is 4.77. The minimum absolute atomic E-state index is 0. The maximum absolute atomic E-state index is 12.3. The predicted molar refractivity (Wildman–Crippen MR) is 110 cm³/mol. The zero-order valence-corrected chi connectivity index (χ0v) is 17.6. The Morgan fingerprint density at radius 2 is 1.75 bits per heavy atom. The lowest BCUT2D eigenvalue weighted by atomic mass is 10.1. The highest BCUT2D eigenvalue weighted by molar-refractivity contribution is 6.31. The molecule has 3 aromatic rings. The number of nitrogens with one attached hydrogen (secondary N) is 1. The van der Waals surface area contributed by atoms with E-state index < -0.39 is 0 Å². The van der Waals surface area contributed by atoms with Crippen molar-refractivity contribution < 1.29 is 26.5 Å². The molecule has 0 radical (unpaired) electrons. The first-order valence-electron chi connectivity index (χ1n) is 9.41.